The van der Waals surface area contributed by atoms with Gasteiger partial charge in [0.15, 0.2) is 6.61 Å². The molecule has 2 atom stereocenters. The van der Waals surface area contributed by atoms with Gasteiger partial charge in [-0.15, -0.1) is 0 Å². The van der Waals surface area contributed by atoms with Crippen LogP contribution < -0.4 is 5.32 Å². The number of hydrogen-bond donors (Lipinski definition) is 1. The van der Waals surface area contributed by atoms with E-state index in [1.165, 1.54) is 19.3 Å². The number of nitrogens with zero attached hydrogens (tertiary/aromatic N) is 3. The Morgan fingerprint density at radius 2 is 2.00 bits per heavy atom. The number of carbonyl (C=O) groups is 1. The molecule has 3 aliphatic rings. The maximum absolute atomic E-state index is 11.6. The highest BCUT2D eigenvalue weighted by atomic mass is 16.7. The topological polar surface area (TPSA) is 66.4 Å². The van der Waals surface area contributed by atoms with Gasteiger partial charge in [-0.3, -0.25) is 14.6 Å². The zero-order valence-electron chi connectivity index (χ0n) is 14.7. The number of oxime groups is 1. The number of hydrogen-bond acceptors (Lipinski definition) is 6. The van der Waals surface area contributed by atoms with Gasteiger partial charge in [0.1, 0.15) is 6.10 Å². The summed E-state index contributed by atoms with van der Waals surface area (Å²) in [5, 5.41) is 6.87. The fraction of sp³-hybridized carbons (Fsp3) is 0.882. The molecule has 3 aliphatic heterocycles. The second-order valence-corrected chi connectivity index (χ2v) is 7.07. The molecule has 7 nitrogen and oxygen atoms in total. The number of carbonyl (C=O) groups excluding carboxylic acids is 1. The molecule has 0 saturated carbocycles. The summed E-state index contributed by atoms with van der Waals surface area (Å²) in [5.74, 6) is 1.01. The molecule has 0 aromatic rings. The summed E-state index contributed by atoms with van der Waals surface area (Å²) in [6.45, 7) is 5.99. The smallest absolute Gasteiger partial charge is 0.233 e. The quantitative estimate of drug-likeness (QED) is 0.798. The Balaban J connectivity index is 1.50. The predicted octanol–water partition coefficient (Wildman–Crippen LogP) is 0.659. The minimum Gasteiger partial charge on any atom is -0.470 e. The number of piperidine rings is 2. The summed E-state index contributed by atoms with van der Waals surface area (Å²) < 4.78 is 6.16. The number of amides is 1. The summed E-state index contributed by atoms with van der Waals surface area (Å²) in [6, 6.07) is 0. The number of nitrogens with one attached hydrogen (secondary N) is 1. The van der Waals surface area contributed by atoms with Gasteiger partial charge in [-0.25, -0.2) is 0 Å². The normalized spacial score (nSPS) is 29.3. The third kappa shape index (κ3) is 4.83. The molecule has 24 heavy (non-hydrogen) atoms. The van der Waals surface area contributed by atoms with Crippen LogP contribution in [0.15, 0.2) is 5.16 Å². The standard InChI is InChI=1S/C17H30N4O3/c1-18-16(22)12-21-9-5-6-14(10-21)17-19-23-13-15(24-17)11-20-7-3-2-4-8-20/h14-15H,2-13H2,1H3,(H,18,22). The molecule has 0 aromatic heterocycles. The number of likely N-dealkylation sites (tertiary alicyclic amines) is 2. The van der Waals surface area contributed by atoms with Crippen molar-refractivity contribution in [2.45, 2.75) is 38.2 Å². The van der Waals surface area contributed by atoms with Crippen molar-refractivity contribution in [3.63, 3.8) is 0 Å². The minimum atomic E-state index is 0.0568. The first-order valence-electron chi connectivity index (χ1n) is 9.26. The van der Waals surface area contributed by atoms with Gasteiger partial charge in [0.25, 0.3) is 0 Å². The molecule has 0 bridgehead atoms. The minimum absolute atomic E-state index is 0.0568. The molecule has 3 rings (SSSR count). The molecule has 2 unspecified atom stereocenters. The Hall–Kier alpha value is -1.34. The Morgan fingerprint density at radius 1 is 1.21 bits per heavy atom. The summed E-state index contributed by atoms with van der Waals surface area (Å²) >= 11 is 0. The van der Waals surface area contributed by atoms with Gasteiger partial charge in [-0.05, 0) is 45.3 Å². The average Bonchev–Trinajstić information content (AvgIpc) is 2.63. The van der Waals surface area contributed by atoms with Crippen LogP contribution in [-0.4, -0.2) is 80.6 Å². The molecular weight excluding hydrogens is 308 g/mol. The van der Waals surface area contributed by atoms with Crippen molar-refractivity contribution in [1.29, 1.82) is 0 Å². The average molecular weight is 338 g/mol. The van der Waals surface area contributed by atoms with Crippen molar-refractivity contribution in [1.82, 2.24) is 15.1 Å². The fourth-order valence-corrected chi connectivity index (χ4v) is 3.78. The van der Waals surface area contributed by atoms with E-state index in [0.717, 1.165) is 51.5 Å². The maximum Gasteiger partial charge on any atom is 0.233 e. The summed E-state index contributed by atoms with van der Waals surface area (Å²) in [6.07, 6.45) is 6.08. The second kappa shape index (κ2) is 8.67. The lowest BCUT2D eigenvalue weighted by Crippen LogP contribution is -2.47. The first-order chi connectivity index (χ1) is 11.7. The van der Waals surface area contributed by atoms with Crippen molar-refractivity contribution < 1.29 is 14.4 Å². The van der Waals surface area contributed by atoms with Gasteiger partial charge in [0.2, 0.25) is 11.8 Å². The molecule has 0 spiro atoms. The summed E-state index contributed by atoms with van der Waals surface area (Å²) in [7, 11) is 1.68. The fourth-order valence-electron chi connectivity index (χ4n) is 3.78. The van der Waals surface area contributed by atoms with Crippen LogP contribution in [0.1, 0.15) is 32.1 Å². The van der Waals surface area contributed by atoms with Crippen LogP contribution in [0.5, 0.6) is 0 Å². The van der Waals surface area contributed by atoms with Crippen LogP contribution in [0.3, 0.4) is 0 Å². The van der Waals surface area contributed by atoms with E-state index in [1.54, 1.807) is 7.05 Å². The Morgan fingerprint density at radius 3 is 2.79 bits per heavy atom. The van der Waals surface area contributed by atoms with E-state index >= 15 is 0 Å². The van der Waals surface area contributed by atoms with Crippen molar-refractivity contribution in [3.8, 4) is 0 Å². The first kappa shape index (κ1) is 17.5. The predicted molar refractivity (Wildman–Crippen MR) is 91.8 cm³/mol. The van der Waals surface area contributed by atoms with Crippen LogP contribution in [0.2, 0.25) is 0 Å². The molecule has 0 radical (unpaired) electrons. The molecule has 2 fully saturated rings. The molecular formula is C17H30N4O3. The van der Waals surface area contributed by atoms with E-state index in [0.29, 0.717) is 13.2 Å². The Labute approximate surface area is 144 Å². The Kier molecular flexibility index (Phi) is 6.31. The van der Waals surface area contributed by atoms with Gasteiger partial charge in [-0.2, -0.15) is 0 Å². The van der Waals surface area contributed by atoms with E-state index in [1.807, 2.05) is 0 Å². The van der Waals surface area contributed by atoms with E-state index in [4.69, 9.17) is 9.57 Å². The van der Waals surface area contributed by atoms with Crippen LogP contribution >= 0.6 is 0 Å². The van der Waals surface area contributed by atoms with Gasteiger partial charge >= 0.3 is 0 Å². The summed E-state index contributed by atoms with van der Waals surface area (Å²) in [5.41, 5.74) is 0. The van der Waals surface area contributed by atoms with E-state index in [-0.39, 0.29) is 17.9 Å². The first-order valence-corrected chi connectivity index (χ1v) is 9.26. The van der Waals surface area contributed by atoms with Crippen LogP contribution in [0.4, 0.5) is 0 Å². The van der Waals surface area contributed by atoms with Crippen molar-refractivity contribution in [3.05, 3.63) is 0 Å². The van der Waals surface area contributed by atoms with Crippen LogP contribution in [-0.2, 0) is 14.4 Å². The third-order valence-electron chi connectivity index (χ3n) is 5.11. The molecule has 2 saturated heterocycles. The van der Waals surface area contributed by atoms with Crippen molar-refractivity contribution >= 4 is 11.8 Å². The van der Waals surface area contributed by atoms with Gasteiger partial charge < -0.3 is 14.9 Å². The van der Waals surface area contributed by atoms with E-state index in [2.05, 4.69) is 20.3 Å². The maximum atomic E-state index is 11.6. The van der Waals surface area contributed by atoms with Crippen molar-refractivity contribution in [2.75, 3.05) is 52.9 Å². The van der Waals surface area contributed by atoms with Crippen LogP contribution in [0.25, 0.3) is 0 Å². The van der Waals surface area contributed by atoms with Gasteiger partial charge in [-0.1, -0.05) is 11.6 Å². The molecule has 0 aromatic carbocycles. The number of likely N-dealkylation sites (N-methyl/N-ethyl adjacent to an activating group) is 1. The number of ether oxygens (including phenoxy) is 1. The highest BCUT2D eigenvalue weighted by Crippen LogP contribution is 2.22. The highest BCUT2D eigenvalue weighted by molar-refractivity contribution is 5.80. The lowest BCUT2D eigenvalue weighted by atomic mass is 9.97. The monoisotopic (exact) mass is 338 g/mol. The van der Waals surface area contributed by atoms with Crippen LogP contribution in [0, 0.1) is 5.92 Å². The lowest BCUT2D eigenvalue weighted by molar-refractivity contribution is -0.122. The largest absolute Gasteiger partial charge is 0.470 e. The van der Waals surface area contributed by atoms with Gasteiger partial charge in [0.05, 0.1) is 12.5 Å². The van der Waals surface area contributed by atoms with E-state index < -0.39 is 0 Å². The lowest BCUT2D eigenvalue weighted by Gasteiger charge is -2.36. The second-order valence-electron chi connectivity index (χ2n) is 7.07. The Bertz CT molecular complexity index is 451. The molecule has 136 valence electrons. The molecule has 1 amide bonds. The molecule has 7 heteroatoms. The van der Waals surface area contributed by atoms with Gasteiger partial charge in [0, 0.05) is 20.1 Å². The summed E-state index contributed by atoms with van der Waals surface area (Å²) in [4.78, 5) is 21.7. The third-order valence-corrected chi connectivity index (χ3v) is 5.11. The zero-order chi connectivity index (χ0) is 16.8. The number of rotatable bonds is 5. The highest BCUT2D eigenvalue weighted by Gasteiger charge is 2.31. The van der Waals surface area contributed by atoms with Crippen molar-refractivity contribution in [2.24, 2.45) is 11.1 Å². The SMILES string of the molecule is CNC(=O)CN1CCCC(C2=NOCC(CN3CCCCC3)O2)C1. The van der Waals surface area contributed by atoms with E-state index in [9.17, 15) is 4.79 Å². The zero-order valence-corrected chi connectivity index (χ0v) is 14.7. The molecule has 1 N–H and O–H groups in total. The molecule has 0 aliphatic carbocycles. The molecule has 3 heterocycles.